The topological polar surface area (TPSA) is 63.9 Å². The highest BCUT2D eigenvalue weighted by Crippen LogP contribution is 2.31. The zero-order chi connectivity index (χ0) is 21.4. The molecule has 0 N–H and O–H groups in total. The van der Waals surface area contributed by atoms with Crippen molar-refractivity contribution in [2.75, 3.05) is 26.1 Å². The van der Waals surface area contributed by atoms with Gasteiger partial charge in [0.1, 0.15) is 0 Å². The van der Waals surface area contributed by atoms with Crippen molar-refractivity contribution in [1.29, 1.82) is 0 Å². The van der Waals surface area contributed by atoms with Crippen molar-refractivity contribution in [2.24, 2.45) is 4.99 Å². The van der Waals surface area contributed by atoms with Gasteiger partial charge in [-0.25, -0.2) is 9.79 Å². The van der Waals surface area contributed by atoms with Crippen LogP contribution >= 0.6 is 22.7 Å². The second-order valence-electron chi connectivity index (χ2n) is 7.07. The van der Waals surface area contributed by atoms with E-state index < -0.39 is 12.0 Å². The zero-order valence-electron chi connectivity index (χ0n) is 17.1. The number of hydrogen-bond acceptors (Lipinski definition) is 7. The van der Waals surface area contributed by atoms with Gasteiger partial charge in [-0.1, -0.05) is 29.5 Å². The summed E-state index contributed by atoms with van der Waals surface area (Å²) in [5, 5.41) is 1.97. The molecular formula is C22H21N3O3S2. The van der Waals surface area contributed by atoms with Crippen LogP contribution in [0.25, 0.3) is 6.08 Å². The van der Waals surface area contributed by atoms with Crippen molar-refractivity contribution in [1.82, 2.24) is 4.57 Å². The van der Waals surface area contributed by atoms with Crippen molar-refractivity contribution in [3.8, 4) is 0 Å². The Labute approximate surface area is 181 Å². The van der Waals surface area contributed by atoms with Gasteiger partial charge in [-0.3, -0.25) is 9.36 Å². The monoisotopic (exact) mass is 439 g/mol. The van der Waals surface area contributed by atoms with Crippen LogP contribution in [0.5, 0.6) is 0 Å². The van der Waals surface area contributed by atoms with E-state index in [9.17, 15) is 9.59 Å². The first-order valence-corrected chi connectivity index (χ1v) is 11.0. The average molecular weight is 440 g/mol. The summed E-state index contributed by atoms with van der Waals surface area (Å²) in [7, 11) is 5.27. The van der Waals surface area contributed by atoms with Gasteiger partial charge in [0.05, 0.1) is 29.0 Å². The second-order valence-corrected chi connectivity index (χ2v) is 9.06. The van der Waals surface area contributed by atoms with Crippen molar-refractivity contribution in [3.63, 3.8) is 0 Å². The number of nitrogens with zero attached hydrogens (tertiary/aromatic N) is 3. The molecule has 0 bridgehead atoms. The van der Waals surface area contributed by atoms with Crippen LogP contribution in [0.1, 0.15) is 23.4 Å². The van der Waals surface area contributed by atoms with Gasteiger partial charge in [-0.05, 0) is 42.1 Å². The number of fused-ring (bicyclic) bond motifs is 1. The minimum Gasteiger partial charge on any atom is -0.466 e. The molecule has 2 aromatic heterocycles. The third-order valence-corrected chi connectivity index (χ3v) is 6.77. The summed E-state index contributed by atoms with van der Waals surface area (Å²) in [6.45, 7) is 1.78. The lowest BCUT2D eigenvalue weighted by Crippen LogP contribution is -2.39. The summed E-state index contributed by atoms with van der Waals surface area (Å²) in [6.07, 6.45) is 1.87. The van der Waals surface area contributed by atoms with Gasteiger partial charge >= 0.3 is 5.97 Å². The Hall–Kier alpha value is -2.97. The molecule has 1 atom stereocenters. The van der Waals surface area contributed by atoms with E-state index in [1.165, 1.54) is 18.4 Å². The van der Waals surface area contributed by atoms with E-state index in [2.05, 4.69) is 4.99 Å². The Kier molecular flexibility index (Phi) is 5.44. The fraction of sp³-hybridized carbons (Fsp3) is 0.227. The number of allylic oxidation sites excluding steroid dienone is 1. The minimum atomic E-state index is -0.588. The molecule has 3 aromatic rings. The third kappa shape index (κ3) is 3.53. The molecule has 1 aromatic carbocycles. The second kappa shape index (κ2) is 8.04. The van der Waals surface area contributed by atoms with Gasteiger partial charge in [0.25, 0.3) is 5.56 Å². The lowest BCUT2D eigenvalue weighted by Gasteiger charge is -2.25. The molecule has 8 heteroatoms. The first-order chi connectivity index (χ1) is 14.4. The van der Waals surface area contributed by atoms with Gasteiger partial charge in [0.15, 0.2) is 4.80 Å². The Morgan fingerprint density at radius 2 is 1.97 bits per heavy atom. The van der Waals surface area contributed by atoms with Gasteiger partial charge in [0, 0.05) is 24.7 Å². The molecule has 154 valence electrons. The minimum absolute atomic E-state index is 0.164. The maximum Gasteiger partial charge on any atom is 0.338 e. The van der Waals surface area contributed by atoms with Crippen LogP contribution in [0.4, 0.5) is 5.69 Å². The van der Waals surface area contributed by atoms with Crippen LogP contribution in [-0.4, -0.2) is 31.7 Å². The molecule has 0 radical (unpaired) electrons. The molecule has 0 amide bonds. The van der Waals surface area contributed by atoms with E-state index in [-0.39, 0.29) is 5.56 Å². The van der Waals surface area contributed by atoms with Crippen LogP contribution < -0.4 is 19.8 Å². The average Bonchev–Trinajstić information content (AvgIpc) is 3.35. The SMILES string of the molecule is COC(=O)C1=C(C)N=c2s/c(=C/c3cccs3)c(=O)n2[C@@H]1c1ccc(N(C)C)cc1. The highest BCUT2D eigenvalue weighted by atomic mass is 32.1. The van der Waals surface area contributed by atoms with Gasteiger partial charge in [-0.15, -0.1) is 11.3 Å². The molecule has 6 nitrogen and oxygen atoms in total. The number of aromatic nitrogens is 1. The number of anilines is 1. The van der Waals surface area contributed by atoms with Crippen LogP contribution in [0.2, 0.25) is 0 Å². The van der Waals surface area contributed by atoms with E-state index in [1.54, 1.807) is 22.8 Å². The van der Waals surface area contributed by atoms with E-state index in [0.717, 1.165) is 16.1 Å². The van der Waals surface area contributed by atoms with Crippen molar-refractivity contribution >= 4 is 40.4 Å². The number of hydrogen-bond donors (Lipinski definition) is 0. The van der Waals surface area contributed by atoms with Gasteiger partial charge < -0.3 is 9.64 Å². The smallest absolute Gasteiger partial charge is 0.338 e. The van der Waals surface area contributed by atoms with Crippen molar-refractivity contribution in [3.05, 3.63) is 83.2 Å². The largest absolute Gasteiger partial charge is 0.466 e. The normalized spacial score (nSPS) is 16.3. The summed E-state index contributed by atoms with van der Waals surface area (Å²) < 4.78 is 7.23. The maximum atomic E-state index is 13.4. The number of thiophene rings is 1. The number of benzene rings is 1. The number of esters is 1. The highest BCUT2D eigenvalue weighted by molar-refractivity contribution is 7.11. The fourth-order valence-corrected chi connectivity index (χ4v) is 5.23. The maximum absolute atomic E-state index is 13.4. The number of ether oxygens (including phenoxy) is 1. The van der Waals surface area contributed by atoms with E-state index >= 15 is 0 Å². The fourth-order valence-electron chi connectivity index (χ4n) is 3.47. The van der Waals surface area contributed by atoms with E-state index in [0.29, 0.717) is 20.6 Å². The number of methoxy groups -OCH3 is 1. The molecule has 0 saturated carbocycles. The number of carbonyl (C=O) groups excluding carboxylic acids is 1. The Morgan fingerprint density at radius 3 is 2.57 bits per heavy atom. The molecule has 30 heavy (non-hydrogen) atoms. The summed E-state index contributed by atoms with van der Waals surface area (Å²) in [5.74, 6) is -0.481. The molecule has 3 heterocycles. The lowest BCUT2D eigenvalue weighted by atomic mass is 9.95. The van der Waals surface area contributed by atoms with Crippen molar-refractivity contribution < 1.29 is 9.53 Å². The standard InChI is InChI=1S/C22H21N3O3S2/c1-13-18(21(27)28-4)19(14-7-9-15(10-8-14)24(2)3)25-20(26)17(30-22(25)23-13)12-16-6-5-11-29-16/h5-12,19H,1-4H3/b17-12+/t19-/m1/s1. The predicted molar refractivity (Wildman–Crippen MR) is 121 cm³/mol. The zero-order valence-corrected chi connectivity index (χ0v) is 18.7. The molecule has 0 saturated heterocycles. The molecule has 1 aliphatic rings. The van der Waals surface area contributed by atoms with Crippen LogP contribution in [0.3, 0.4) is 0 Å². The number of thiazole rings is 1. The number of carbonyl (C=O) groups is 1. The molecule has 0 fully saturated rings. The summed E-state index contributed by atoms with van der Waals surface area (Å²) in [4.78, 5) is 34.2. The highest BCUT2D eigenvalue weighted by Gasteiger charge is 2.33. The van der Waals surface area contributed by atoms with Crippen LogP contribution in [0, 0.1) is 0 Å². The molecule has 0 aliphatic carbocycles. The summed E-state index contributed by atoms with van der Waals surface area (Å²) >= 11 is 2.90. The first kappa shape index (κ1) is 20.3. The van der Waals surface area contributed by atoms with E-state index in [4.69, 9.17) is 4.74 Å². The van der Waals surface area contributed by atoms with Gasteiger partial charge in [-0.2, -0.15) is 0 Å². The molecule has 0 spiro atoms. The Morgan fingerprint density at radius 1 is 1.23 bits per heavy atom. The third-order valence-electron chi connectivity index (χ3n) is 4.97. The van der Waals surface area contributed by atoms with E-state index in [1.807, 2.05) is 66.8 Å². The number of rotatable bonds is 4. The van der Waals surface area contributed by atoms with Crippen molar-refractivity contribution in [2.45, 2.75) is 13.0 Å². The molecular weight excluding hydrogens is 418 g/mol. The van der Waals surface area contributed by atoms with Crippen LogP contribution in [-0.2, 0) is 9.53 Å². The quantitative estimate of drug-likeness (QED) is 0.586. The molecule has 1 aliphatic heterocycles. The first-order valence-electron chi connectivity index (χ1n) is 9.32. The Bertz CT molecular complexity index is 1300. The summed E-state index contributed by atoms with van der Waals surface area (Å²) in [6, 6.07) is 11.2. The predicted octanol–water partition coefficient (Wildman–Crippen LogP) is 2.54. The Balaban J connectivity index is 1.95. The molecule has 4 rings (SSSR count). The summed E-state index contributed by atoms with van der Waals surface area (Å²) in [5.41, 5.74) is 2.64. The van der Waals surface area contributed by atoms with Gasteiger partial charge in [0.2, 0.25) is 0 Å². The lowest BCUT2D eigenvalue weighted by molar-refractivity contribution is -0.136. The van der Waals surface area contributed by atoms with Crippen LogP contribution in [0.15, 0.2) is 62.8 Å². The molecule has 0 unspecified atom stereocenters.